The molecule has 1 aliphatic rings. The van der Waals surface area contributed by atoms with Gasteiger partial charge in [-0.3, -0.25) is 4.90 Å². The maximum atomic E-state index is 13.0. The number of morpholine rings is 1. The monoisotopic (exact) mass is 531 g/mol. The zero-order valence-electron chi connectivity index (χ0n) is 21.5. The van der Waals surface area contributed by atoms with Crippen LogP contribution in [0.25, 0.3) is 0 Å². The van der Waals surface area contributed by atoms with Crippen molar-refractivity contribution in [2.45, 2.75) is 48.7 Å². The molecule has 0 aromatic heterocycles. The molecule has 2 aromatic carbocycles. The number of halogens is 1. The Labute approximate surface area is 228 Å². The first-order valence-electron chi connectivity index (χ1n) is 11.3. The van der Waals surface area contributed by atoms with Crippen LogP contribution in [0.4, 0.5) is 10.1 Å². The number of ether oxygens (including phenoxy) is 1. The fraction of sp³-hybridized carbons (Fsp3) is 0.440. The van der Waals surface area contributed by atoms with Gasteiger partial charge in [-0.15, -0.1) is 18.2 Å². The van der Waals surface area contributed by atoms with Crippen LogP contribution in [0.5, 0.6) is 0 Å². The minimum absolute atomic E-state index is 0. The van der Waals surface area contributed by atoms with Crippen molar-refractivity contribution >= 4 is 25.4 Å². The number of rotatable bonds is 8. The Morgan fingerprint density at radius 3 is 2.08 bits per heavy atom. The second kappa shape index (κ2) is 14.5. The molecule has 36 heavy (non-hydrogen) atoms. The summed E-state index contributed by atoms with van der Waals surface area (Å²) in [4.78, 5) is 2.64. The van der Waals surface area contributed by atoms with E-state index in [0.717, 1.165) is 38.5 Å². The van der Waals surface area contributed by atoms with Gasteiger partial charge in [0.1, 0.15) is 0 Å². The predicted molar refractivity (Wildman–Crippen MR) is 137 cm³/mol. The van der Waals surface area contributed by atoms with Crippen LogP contribution < -0.4 is 23.6 Å². The summed E-state index contributed by atoms with van der Waals surface area (Å²) in [6.07, 6.45) is 3.96. The molecular formula is C25H35FLiN3O4S2-2. The van der Waals surface area contributed by atoms with E-state index in [1.165, 1.54) is 42.7 Å². The normalized spacial score (nSPS) is 20.0. The van der Waals surface area contributed by atoms with E-state index in [2.05, 4.69) is 43.4 Å². The summed E-state index contributed by atoms with van der Waals surface area (Å²) in [7, 11) is -6.79. The van der Waals surface area contributed by atoms with Crippen LogP contribution in [0.15, 0.2) is 52.3 Å². The second-order valence-corrected chi connectivity index (χ2v) is 12.6. The van der Waals surface area contributed by atoms with Gasteiger partial charge in [0.15, 0.2) is 0 Å². The molecule has 3 rings (SSSR count). The minimum Gasteiger partial charge on any atom is -0.373 e. The first kappa shape index (κ1) is 32.6. The van der Waals surface area contributed by atoms with Crippen molar-refractivity contribution in [1.29, 1.82) is 4.78 Å². The summed E-state index contributed by atoms with van der Waals surface area (Å²) in [6.45, 7) is 15.5. The molecule has 11 heteroatoms. The average Bonchev–Trinajstić information content (AvgIpc) is 2.76. The van der Waals surface area contributed by atoms with Crippen LogP contribution in [0.1, 0.15) is 26.7 Å². The Balaban J connectivity index is 0.000000379. The van der Waals surface area contributed by atoms with E-state index in [9.17, 15) is 17.0 Å². The van der Waals surface area contributed by atoms with Crippen LogP contribution in [0, 0.1) is 36.4 Å². The summed E-state index contributed by atoms with van der Waals surface area (Å²) in [5, 5.41) is 0. The zero-order chi connectivity index (χ0) is 26.2. The summed E-state index contributed by atoms with van der Waals surface area (Å²) in [6, 6.07) is 11.2. The number of hydrogen-bond acceptors (Lipinski definition) is 6. The van der Waals surface area contributed by atoms with E-state index in [-0.39, 0.29) is 34.3 Å². The van der Waals surface area contributed by atoms with Crippen molar-refractivity contribution in [2.24, 2.45) is 5.92 Å². The van der Waals surface area contributed by atoms with Crippen molar-refractivity contribution < 1.29 is 40.6 Å². The van der Waals surface area contributed by atoms with Gasteiger partial charge in [0.05, 0.1) is 26.8 Å². The van der Waals surface area contributed by atoms with Crippen molar-refractivity contribution in [3.63, 3.8) is 0 Å². The molecule has 0 aliphatic carbocycles. The number of benzene rings is 2. The maximum absolute atomic E-state index is 13.0. The van der Waals surface area contributed by atoms with Gasteiger partial charge >= 0.3 is 18.9 Å². The molecule has 0 saturated carbocycles. The van der Waals surface area contributed by atoms with Crippen molar-refractivity contribution in [2.75, 3.05) is 30.6 Å². The third-order valence-electron chi connectivity index (χ3n) is 5.42. The van der Waals surface area contributed by atoms with Gasteiger partial charge in [0, 0.05) is 30.1 Å². The topological polar surface area (TPSA) is 99.6 Å². The van der Waals surface area contributed by atoms with Crippen molar-refractivity contribution in [3.05, 3.63) is 68.2 Å². The third-order valence-corrected chi connectivity index (χ3v) is 7.97. The molecule has 2 N–H and O–H groups in total. The molecule has 0 spiro atoms. The van der Waals surface area contributed by atoms with E-state index < -0.39 is 25.6 Å². The van der Waals surface area contributed by atoms with Crippen LogP contribution in [0.3, 0.4) is 0 Å². The fourth-order valence-corrected chi connectivity index (χ4v) is 5.38. The molecule has 3 atom stereocenters. The SMILES string of the molecule is CS(=N)(=O)c1ccc(S(=O)(=O)Nc2[c-]c(F)ccc2)cc1.[CH2-]CC(C[CH2-])CN1C[C@@H](C)O[C@@H](C)C1.[Li+]. The molecule has 0 radical (unpaired) electrons. The average molecular weight is 532 g/mol. The minimum atomic E-state index is -3.89. The van der Waals surface area contributed by atoms with Crippen LogP contribution in [-0.2, 0) is 24.5 Å². The largest absolute Gasteiger partial charge is 1.00 e. The molecule has 2 aromatic rings. The van der Waals surface area contributed by atoms with Gasteiger partial charge in [0.2, 0.25) is 0 Å². The Bertz CT molecular complexity index is 1150. The number of nitrogens with one attached hydrogen (secondary N) is 2. The van der Waals surface area contributed by atoms with Gasteiger partial charge in [-0.2, -0.15) is 18.9 Å². The van der Waals surface area contributed by atoms with Crippen LogP contribution in [-0.4, -0.2) is 55.6 Å². The number of nitrogens with zero attached hydrogens (tertiary/aromatic N) is 1. The Kier molecular flexibility index (Phi) is 13.1. The first-order valence-corrected chi connectivity index (χ1v) is 14.8. The Morgan fingerprint density at radius 1 is 1.08 bits per heavy atom. The second-order valence-electron chi connectivity index (χ2n) is 8.75. The van der Waals surface area contributed by atoms with E-state index >= 15 is 0 Å². The Morgan fingerprint density at radius 2 is 1.61 bits per heavy atom. The van der Waals surface area contributed by atoms with E-state index in [0.29, 0.717) is 18.1 Å². The number of hydrogen-bond donors (Lipinski definition) is 2. The fourth-order valence-electron chi connectivity index (χ4n) is 3.71. The molecule has 0 amide bonds. The smallest absolute Gasteiger partial charge is 0.373 e. The quantitative estimate of drug-likeness (QED) is 0.399. The van der Waals surface area contributed by atoms with Gasteiger partial charge < -0.3 is 23.3 Å². The van der Waals surface area contributed by atoms with Crippen LogP contribution in [0.2, 0.25) is 0 Å². The Hall–Kier alpha value is -1.41. The van der Waals surface area contributed by atoms with E-state index in [4.69, 9.17) is 9.52 Å². The number of anilines is 1. The van der Waals surface area contributed by atoms with Crippen molar-refractivity contribution in [1.82, 2.24) is 4.90 Å². The van der Waals surface area contributed by atoms with Gasteiger partial charge in [0.25, 0.3) is 10.0 Å². The predicted octanol–water partition coefficient (Wildman–Crippen LogP) is 1.63. The molecule has 1 heterocycles. The molecule has 0 bridgehead atoms. The molecular weight excluding hydrogens is 496 g/mol. The van der Waals surface area contributed by atoms with Crippen molar-refractivity contribution in [3.8, 4) is 0 Å². The third kappa shape index (κ3) is 10.5. The molecule has 1 aliphatic heterocycles. The summed E-state index contributed by atoms with van der Waals surface area (Å²) >= 11 is 0. The number of sulfonamides is 1. The maximum Gasteiger partial charge on any atom is 1.00 e. The van der Waals surface area contributed by atoms with Gasteiger partial charge in [-0.1, -0.05) is 11.6 Å². The molecule has 1 saturated heterocycles. The molecule has 1 fully saturated rings. The first-order chi connectivity index (χ1) is 16.3. The summed E-state index contributed by atoms with van der Waals surface area (Å²) in [5.41, 5.74) is -0.0149. The van der Waals surface area contributed by atoms with Gasteiger partial charge in [-0.05, 0) is 44.7 Å². The zero-order valence-corrected chi connectivity index (χ0v) is 23.1. The van der Waals surface area contributed by atoms with Crippen LogP contribution >= 0.6 is 0 Å². The standard InChI is InChI=1S/C13H12FN2O3S2.C12H23NO.Li/c1-20(15,17)12-5-7-13(8-6-12)21(18,19)16-11-4-2-3-10(14)9-11;1-5-12(6-2)9-13-7-10(3)14-11(4)8-13;/h2-8,15-16H,1H3;10-12H,1-2,5-9H2,3-4H3;/q-1;-2;+1/t;10-,11+;. The summed E-state index contributed by atoms with van der Waals surface area (Å²) < 4.78 is 64.0. The molecule has 1 unspecified atom stereocenters. The van der Waals surface area contributed by atoms with E-state index in [1.807, 2.05) is 0 Å². The summed E-state index contributed by atoms with van der Waals surface area (Å²) in [5.74, 6) is -0.0297. The molecule has 196 valence electrons. The van der Waals surface area contributed by atoms with Gasteiger partial charge in [-0.25, -0.2) is 21.8 Å². The molecule has 7 nitrogen and oxygen atoms in total. The van der Waals surface area contributed by atoms with E-state index in [1.54, 1.807) is 0 Å².